The van der Waals surface area contributed by atoms with Gasteiger partial charge in [0.1, 0.15) is 0 Å². The Labute approximate surface area is 149 Å². The largest absolute Gasteiger partial charge is 0.534 e. The van der Waals surface area contributed by atoms with Crippen molar-refractivity contribution in [1.29, 1.82) is 0 Å². The second-order valence-corrected chi connectivity index (χ2v) is 7.67. The third kappa shape index (κ3) is 4.99. The second-order valence-electron chi connectivity index (χ2n) is 5.75. The summed E-state index contributed by atoms with van der Waals surface area (Å²) in [5.41, 5.74) is -4.90. The first kappa shape index (κ1) is 20.3. The van der Waals surface area contributed by atoms with E-state index in [4.69, 9.17) is 16.3 Å². The molecule has 1 aromatic carbocycles. The summed E-state index contributed by atoms with van der Waals surface area (Å²) in [5.74, 6) is -0.471. The van der Waals surface area contributed by atoms with E-state index in [1.54, 1.807) is 13.2 Å². The van der Waals surface area contributed by atoms with E-state index in [1.807, 2.05) is 0 Å². The van der Waals surface area contributed by atoms with Crippen LogP contribution >= 0.6 is 11.6 Å². The van der Waals surface area contributed by atoms with Crippen molar-refractivity contribution < 1.29 is 30.5 Å². The molecule has 1 aliphatic heterocycles. The number of hydrogen-bond acceptors (Lipinski definition) is 5. The van der Waals surface area contributed by atoms with E-state index in [0.717, 1.165) is 38.5 Å². The van der Waals surface area contributed by atoms with Crippen molar-refractivity contribution >= 4 is 21.7 Å². The minimum atomic E-state index is -5.75. The summed E-state index contributed by atoms with van der Waals surface area (Å²) in [6.07, 6.45) is 1.53. The van der Waals surface area contributed by atoms with Crippen molar-refractivity contribution in [2.24, 2.45) is 0 Å². The molecule has 1 saturated heterocycles. The monoisotopic (exact) mass is 401 g/mol. The fraction of sp³-hybridized carbons (Fsp3) is 0.600. The Morgan fingerprint density at radius 1 is 1.28 bits per heavy atom. The lowest BCUT2D eigenvalue weighted by molar-refractivity contribution is -0.0500. The Hall–Kier alpha value is -1.03. The summed E-state index contributed by atoms with van der Waals surface area (Å²) in [4.78, 5) is 2.22. The van der Waals surface area contributed by atoms with Gasteiger partial charge in [-0.15, -0.1) is 0 Å². The van der Waals surface area contributed by atoms with Crippen LogP contribution in [0.4, 0.5) is 13.2 Å². The van der Waals surface area contributed by atoms with Gasteiger partial charge in [-0.05, 0) is 43.5 Å². The molecule has 1 aliphatic rings. The molecular weight excluding hydrogens is 383 g/mol. The van der Waals surface area contributed by atoms with Crippen LogP contribution in [0.15, 0.2) is 18.2 Å². The molecular formula is C15H19ClF3NO4S. The number of piperidine rings is 1. The Morgan fingerprint density at radius 2 is 1.92 bits per heavy atom. The van der Waals surface area contributed by atoms with Crippen LogP contribution in [0.5, 0.6) is 5.75 Å². The molecule has 1 fully saturated rings. The lowest BCUT2D eigenvalue weighted by atomic mass is 9.89. The van der Waals surface area contributed by atoms with Crippen molar-refractivity contribution in [2.75, 3.05) is 33.4 Å². The topological polar surface area (TPSA) is 55.8 Å². The number of rotatable bonds is 6. The fourth-order valence-corrected chi connectivity index (χ4v) is 3.60. The Balaban J connectivity index is 2.12. The quantitative estimate of drug-likeness (QED) is 0.540. The molecule has 0 unspecified atom stereocenters. The standard InChI is InChI=1S/C15H19ClF3NO4S/c1-23-10-9-20-7-5-11(6-8-20)12-3-2-4-13(14(12)16)24-25(21,22)15(17,18)19/h2-4,11H,5-10H2,1H3. The van der Waals surface area contributed by atoms with Gasteiger partial charge in [-0.1, -0.05) is 23.7 Å². The number of methoxy groups -OCH3 is 1. The van der Waals surface area contributed by atoms with Gasteiger partial charge in [0, 0.05) is 13.7 Å². The third-order valence-corrected chi connectivity index (χ3v) is 5.49. The summed E-state index contributed by atoms with van der Waals surface area (Å²) in [6, 6.07) is 4.24. The molecule has 0 atom stereocenters. The number of halogens is 4. The molecule has 142 valence electrons. The minimum Gasteiger partial charge on any atom is -0.383 e. The molecule has 1 aromatic rings. The highest BCUT2D eigenvalue weighted by atomic mass is 35.5. The average Bonchev–Trinajstić information content (AvgIpc) is 2.54. The molecule has 0 spiro atoms. The zero-order valence-corrected chi connectivity index (χ0v) is 15.1. The fourth-order valence-electron chi connectivity index (χ4n) is 2.76. The minimum absolute atomic E-state index is 0.0310. The third-order valence-electron chi connectivity index (χ3n) is 4.12. The van der Waals surface area contributed by atoms with E-state index in [2.05, 4.69) is 9.08 Å². The van der Waals surface area contributed by atoms with Crippen LogP contribution in [-0.2, 0) is 14.9 Å². The van der Waals surface area contributed by atoms with E-state index in [1.165, 1.54) is 6.07 Å². The first-order valence-corrected chi connectivity index (χ1v) is 9.45. The van der Waals surface area contributed by atoms with Gasteiger partial charge in [0.25, 0.3) is 0 Å². The predicted molar refractivity (Wildman–Crippen MR) is 87.3 cm³/mol. The Kier molecular flexibility index (Phi) is 6.58. The van der Waals surface area contributed by atoms with Gasteiger partial charge in [0.15, 0.2) is 5.75 Å². The van der Waals surface area contributed by atoms with Gasteiger partial charge in [0.05, 0.1) is 11.6 Å². The van der Waals surface area contributed by atoms with Crippen molar-refractivity contribution in [3.63, 3.8) is 0 Å². The van der Waals surface area contributed by atoms with Gasteiger partial charge in [-0.25, -0.2) is 0 Å². The number of alkyl halides is 3. The van der Waals surface area contributed by atoms with Gasteiger partial charge < -0.3 is 13.8 Å². The number of hydrogen-bond donors (Lipinski definition) is 0. The number of benzene rings is 1. The number of nitrogens with zero attached hydrogens (tertiary/aromatic N) is 1. The van der Waals surface area contributed by atoms with Gasteiger partial charge in [0.2, 0.25) is 0 Å². The summed E-state index contributed by atoms with van der Waals surface area (Å²) < 4.78 is 69.0. The maximum atomic E-state index is 12.5. The van der Waals surface area contributed by atoms with Gasteiger partial charge in [-0.3, -0.25) is 0 Å². The van der Waals surface area contributed by atoms with Crippen molar-refractivity contribution in [2.45, 2.75) is 24.3 Å². The van der Waals surface area contributed by atoms with Crippen molar-refractivity contribution in [3.05, 3.63) is 28.8 Å². The number of ether oxygens (including phenoxy) is 1. The second kappa shape index (κ2) is 8.11. The molecule has 2 rings (SSSR count). The maximum absolute atomic E-state index is 12.5. The Bertz CT molecular complexity index is 689. The molecule has 5 nitrogen and oxygen atoms in total. The van der Waals surface area contributed by atoms with Crippen molar-refractivity contribution in [3.8, 4) is 5.75 Å². The predicted octanol–water partition coefficient (Wildman–Crippen LogP) is 3.39. The molecule has 1 heterocycles. The lowest BCUT2D eigenvalue weighted by Crippen LogP contribution is -2.35. The SMILES string of the molecule is COCCN1CCC(c2cccc(OS(=O)(=O)C(F)(F)F)c2Cl)CC1. The summed E-state index contributed by atoms with van der Waals surface area (Å²) >= 11 is 6.13. The molecule has 0 bridgehead atoms. The molecule has 10 heteroatoms. The molecule has 0 aliphatic carbocycles. The lowest BCUT2D eigenvalue weighted by Gasteiger charge is -2.32. The normalized spacial score (nSPS) is 17.6. The van der Waals surface area contributed by atoms with E-state index in [0.29, 0.717) is 12.2 Å². The molecule has 0 saturated carbocycles. The first-order chi connectivity index (χ1) is 11.7. The number of likely N-dealkylation sites (tertiary alicyclic amines) is 1. The van der Waals surface area contributed by atoms with Gasteiger partial charge in [-0.2, -0.15) is 21.6 Å². The van der Waals surface area contributed by atoms with Crippen LogP contribution in [0, 0.1) is 0 Å². The smallest absolute Gasteiger partial charge is 0.383 e. The van der Waals surface area contributed by atoms with Crippen LogP contribution in [0.2, 0.25) is 5.02 Å². The highest BCUT2D eigenvalue weighted by Crippen LogP contribution is 2.39. The van der Waals surface area contributed by atoms with E-state index in [-0.39, 0.29) is 10.9 Å². The van der Waals surface area contributed by atoms with E-state index < -0.39 is 21.4 Å². The highest BCUT2D eigenvalue weighted by Gasteiger charge is 2.48. The van der Waals surface area contributed by atoms with Crippen LogP contribution in [-0.4, -0.2) is 52.2 Å². The molecule has 0 N–H and O–H groups in total. The molecule has 0 amide bonds. The summed E-state index contributed by atoms with van der Waals surface area (Å²) in [7, 11) is -4.11. The van der Waals surface area contributed by atoms with Crippen LogP contribution in [0.25, 0.3) is 0 Å². The van der Waals surface area contributed by atoms with Gasteiger partial charge >= 0.3 is 15.6 Å². The highest BCUT2D eigenvalue weighted by molar-refractivity contribution is 7.88. The first-order valence-electron chi connectivity index (χ1n) is 7.66. The van der Waals surface area contributed by atoms with Crippen LogP contribution in [0.3, 0.4) is 0 Å². The zero-order chi connectivity index (χ0) is 18.7. The van der Waals surface area contributed by atoms with Crippen LogP contribution < -0.4 is 4.18 Å². The molecule has 0 radical (unpaired) electrons. The molecule has 0 aromatic heterocycles. The zero-order valence-electron chi connectivity index (χ0n) is 13.6. The van der Waals surface area contributed by atoms with Crippen LogP contribution in [0.1, 0.15) is 24.3 Å². The maximum Gasteiger partial charge on any atom is 0.534 e. The van der Waals surface area contributed by atoms with Crippen molar-refractivity contribution in [1.82, 2.24) is 4.90 Å². The Morgan fingerprint density at radius 3 is 2.48 bits per heavy atom. The average molecular weight is 402 g/mol. The summed E-state index contributed by atoms with van der Waals surface area (Å²) in [6.45, 7) is 3.04. The molecule has 25 heavy (non-hydrogen) atoms. The van der Waals surface area contributed by atoms with E-state index in [9.17, 15) is 21.6 Å². The van der Waals surface area contributed by atoms with E-state index >= 15 is 0 Å². The summed E-state index contributed by atoms with van der Waals surface area (Å²) in [5, 5.41) is -0.0920.